The molecule has 1 rings (SSSR count). The van der Waals surface area contributed by atoms with Gasteiger partial charge in [-0.3, -0.25) is 0 Å². The Labute approximate surface area is 90.2 Å². The average Bonchev–Trinajstić information content (AvgIpc) is 2.27. The number of hydrogen-bond acceptors (Lipinski definition) is 2. The SMILES string of the molecule is CCC(C)C(N)c1ccc(F)c(OC)c1. The van der Waals surface area contributed by atoms with Crippen LogP contribution in [0.4, 0.5) is 4.39 Å². The minimum Gasteiger partial charge on any atom is -0.494 e. The van der Waals surface area contributed by atoms with Crippen LogP contribution in [-0.4, -0.2) is 7.11 Å². The lowest BCUT2D eigenvalue weighted by Gasteiger charge is -2.19. The first-order chi connectivity index (χ1) is 7.10. The lowest BCUT2D eigenvalue weighted by Crippen LogP contribution is -2.18. The highest BCUT2D eigenvalue weighted by atomic mass is 19.1. The first-order valence-corrected chi connectivity index (χ1v) is 5.19. The zero-order valence-corrected chi connectivity index (χ0v) is 9.46. The number of methoxy groups -OCH3 is 1. The Morgan fingerprint density at radius 1 is 1.47 bits per heavy atom. The summed E-state index contributed by atoms with van der Waals surface area (Å²) in [6.07, 6.45) is 1.00. The van der Waals surface area contributed by atoms with Gasteiger partial charge in [0, 0.05) is 6.04 Å². The molecular weight excluding hydrogens is 193 g/mol. The van der Waals surface area contributed by atoms with E-state index < -0.39 is 0 Å². The van der Waals surface area contributed by atoms with Gasteiger partial charge in [-0.05, 0) is 23.6 Å². The Kier molecular flexibility index (Phi) is 4.09. The summed E-state index contributed by atoms with van der Waals surface area (Å²) in [7, 11) is 1.46. The molecule has 15 heavy (non-hydrogen) atoms. The monoisotopic (exact) mass is 211 g/mol. The number of halogens is 1. The van der Waals surface area contributed by atoms with Crippen molar-refractivity contribution in [1.82, 2.24) is 0 Å². The second-order valence-electron chi connectivity index (χ2n) is 3.81. The van der Waals surface area contributed by atoms with Crippen LogP contribution < -0.4 is 10.5 Å². The number of hydrogen-bond donors (Lipinski definition) is 1. The summed E-state index contributed by atoms with van der Waals surface area (Å²) < 4.78 is 18.1. The molecule has 0 aliphatic carbocycles. The molecule has 0 aliphatic heterocycles. The van der Waals surface area contributed by atoms with Crippen molar-refractivity contribution in [2.75, 3.05) is 7.11 Å². The molecule has 0 saturated heterocycles. The fourth-order valence-electron chi connectivity index (χ4n) is 1.47. The molecule has 2 atom stereocenters. The van der Waals surface area contributed by atoms with Gasteiger partial charge in [0.2, 0.25) is 0 Å². The van der Waals surface area contributed by atoms with Crippen molar-refractivity contribution in [3.8, 4) is 5.75 Å². The fourth-order valence-corrected chi connectivity index (χ4v) is 1.47. The van der Waals surface area contributed by atoms with Gasteiger partial charge < -0.3 is 10.5 Å². The van der Waals surface area contributed by atoms with Gasteiger partial charge in [0.15, 0.2) is 11.6 Å². The van der Waals surface area contributed by atoms with E-state index in [9.17, 15) is 4.39 Å². The van der Waals surface area contributed by atoms with Gasteiger partial charge in [-0.2, -0.15) is 0 Å². The van der Waals surface area contributed by atoms with Crippen LogP contribution in [0.1, 0.15) is 31.9 Å². The number of rotatable bonds is 4. The maximum absolute atomic E-state index is 13.2. The summed E-state index contributed by atoms with van der Waals surface area (Å²) in [6.45, 7) is 4.17. The predicted octanol–water partition coefficient (Wildman–Crippen LogP) is 2.88. The largest absolute Gasteiger partial charge is 0.494 e. The van der Waals surface area contributed by atoms with Gasteiger partial charge >= 0.3 is 0 Å². The molecule has 0 spiro atoms. The summed E-state index contributed by atoms with van der Waals surface area (Å²) in [6, 6.07) is 4.72. The first-order valence-electron chi connectivity index (χ1n) is 5.19. The van der Waals surface area contributed by atoms with Gasteiger partial charge in [0.25, 0.3) is 0 Å². The molecule has 0 saturated carbocycles. The molecular formula is C12H18FNO. The fraction of sp³-hybridized carbons (Fsp3) is 0.500. The average molecular weight is 211 g/mol. The Balaban J connectivity index is 2.95. The summed E-state index contributed by atoms with van der Waals surface area (Å²) in [5, 5.41) is 0. The summed E-state index contributed by atoms with van der Waals surface area (Å²) >= 11 is 0. The molecule has 0 radical (unpaired) electrons. The van der Waals surface area contributed by atoms with Crippen molar-refractivity contribution >= 4 is 0 Å². The van der Waals surface area contributed by atoms with E-state index in [0.29, 0.717) is 5.92 Å². The molecule has 0 fully saturated rings. The molecule has 1 aromatic carbocycles. The van der Waals surface area contributed by atoms with Gasteiger partial charge in [-0.25, -0.2) is 4.39 Å². The van der Waals surface area contributed by atoms with Gasteiger partial charge in [0.1, 0.15) is 0 Å². The summed E-state index contributed by atoms with van der Waals surface area (Å²) in [4.78, 5) is 0. The third-order valence-electron chi connectivity index (χ3n) is 2.82. The maximum atomic E-state index is 13.2. The highest BCUT2D eigenvalue weighted by Crippen LogP contribution is 2.26. The smallest absolute Gasteiger partial charge is 0.165 e. The Hall–Kier alpha value is -1.09. The Morgan fingerprint density at radius 3 is 2.67 bits per heavy atom. The molecule has 3 heteroatoms. The molecule has 0 heterocycles. The van der Waals surface area contributed by atoms with Crippen LogP contribution >= 0.6 is 0 Å². The standard InChI is InChI=1S/C12H18FNO/c1-4-8(2)12(14)9-5-6-10(13)11(7-9)15-3/h5-8,12H,4,14H2,1-3H3. The minimum atomic E-state index is -0.349. The molecule has 0 aliphatic rings. The summed E-state index contributed by atoms with van der Waals surface area (Å²) in [5.41, 5.74) is 6.96. The zero-order valence-electron chi connectivity index (χ0n) is 9.46. The zero-order chi connectivity index (χ0) is 11.4. The highest BCUT2D eigenvalue weighted by molar-refractivity contribution is 5.32. The quantitative estimate of drug-likeness (QED) is 0.831. The van der Waals surface area contributed by atoms with Gasteiger partial charge in [-0.15, -0.1) is 0 Å². The van der Waals surface area contributed by atoms with E-state index in [1.54, 1.807) is 12.1 Å². The molecule has 2 unspecified atom stereocenters. The molecule has 2 nitrogen and oxygen atoms in total. The van der Waals surface area contributed by atoms with E-state index in [1.807, 2.05) is 0 Å². The van der Waals surface area contributed by atoms with Crippen LogP contribution in [0, 0.1) is 11.7 Å². The van der Waals surface area contributed by atoms with E-state index in [-0.39, 0.29) is 17.6 Å². The number of ether oxygens (including phenoxy) is 1. The van der Waals surface area contributed by atoms with Crippen molar-refractivity contribution < 1.29 is 9.13 Å². The van der Waals surface area contributed by atoms with E-state index in [1.165, 1.54) is 13.2 Å². The van der Waals surface area contributed by atoms with Gasteiger partial charge in [-0.1, -0.05) is 26.3 Å². The van der Waals surface area contributed by atoms with Crippen molar-refractivity contribution in [2.45, 2.75) is 26.3 Å². The number of benzene rings is 1. The second-order valence-corrected chi connectivity index (χ2v) is 3.81. The Morgan fingerprint density at radius 2 is 2.13 bits per heavy atom. The molecule has 0 aromatic heterocycles. The van der Waals surface area contributed by atoms with Crippen LogP contribution in [0.25, 0.3) is 0 Å². The van der Waals surface area contributed by atoms with Crippen molar-refractivity contribution in [3.63, 3.8) is 0 Å². The summed E-state index contributed by atoms with van der Waals surface area (Å²) in [5.74, 6) is 0.282. The number of nitrogens with two attached hydrogens (primary N) is 1. The first kappa shape index (κ1) is 12.0. The van der Waals surface area contributed by atoms with Crippen molar-refractivity contribution in [3.05, 3.63) is 29.6 Å². The molecule has 0 bridgehead atoms. The predicted molar refractivity (Wildman–Crippen MR) is 59.3 cm³/mol. The lowest BCUT2D eigenvalue weighted by atomic mass is 9.93. The third kappa shape index (κ3) is 2.69. The van der Waals surface area contributed by atoms with Crippen molar-refractivity contribution in [1.29, 1.82) is 0 Å². The Bertz CT molecular complexity index is 327. The van der Waals surface area contributed by atoms with Crippen LogP contribution in [0.5, 0.6) is 5.75 Å². The molecule has 84 valence electrons. The van der Waals surface area contributed by atoms with E-state index in [4.69, 9.17) is 10.5 Å². The highest BCUT2D eigenvalue weighted by Gasteiger charge is 2.14. The van der Waals surface area contributed by atoms with Crippen molar-refractivity contribution in [2.24, 2.45) is 11.7 Å². The topological polar surface area (TPSA) is 35.2 Å². The minimum absolute atomic E-state index is 0.0653. The van der Waals surface area contributed by atoms with Crippen LogP contribution in [0.3, 0.4) is 0 Å². The molecule has 0 amide bonds. The van der Waals surface area contributed by atoms with E-state index in [2.05, 4.69) is 13.8 Å². The second kappa shape index (κ2) is 5.12. The van der Waals surface area contributed by atoms with Crippen LogP contribution in [0.2, 0.25) is 0 Å². The van der Waals surface area contributed by atoms with E-state index >= 15 is 0 Å². The van der Waals surface area contributed by atoms with E-state index in [0.717, 1.165) is 12.0 Å². The molecule has 1 aromatic rings. The third-order valence-corrected chi connectivity index (χ3v) is 2.82. The van der Waals surface area contributed by atoms with Gasteiger partial charge in [0.05, 0.1) is 7.11 Å². The van der Waals surface area contributed by atoms with Crippen LogP contribution in [-0.2, 0) is 0 Å². The molecule has 2 N–H and O–H groups in total. The lowest BCUT2D eigenvalue weighted by molar-refractivity contribution is 0.383. The maximum Gasteiger partial charge on any atom is 0.165 e. The van der Waals surface area contributed by atoms with Crippen LogP contribution in [0.15, 0.2) is 18.2 Å². The normalized spacial score (nSPS) is 14.7.